The number of nitrogens with zero attached hydrogens (tertiary/aromatic N) is 2. The van der Waals surface area contributed by atoms with Crippen LogP contribution in [0.3, 0.4) is 0 Å². The highest BCUT2D eigenvalue weighted by molar-refractivity contribution is 7.89. The van der Waals surface area contributed by atoms with Crippen LogP contribution in [0.5, 0.6) is 0 Å². The smallest absolute Gasteiger partial charge is 0.214 e. The Labute approximate surface area is 220 Å². The number of carbonyl (C=O) groups is 1. The average Bonchev–Trinajstić information content (AvgIpc) is 3.34. The first-order valence-corrected chi connectivity index (χ1v) is 14.5. The summed E-state index contributed by atoms with van der Waals surface area (Å²) >= 11 is 0. The van der Waals surface area contributed by atoms with Crippen LogP contribution in [-0.2, 0) is 32.5 Å². The zero-order valence-electron chi connectivity index (χ0n) is 21.2. The van der Waals surface area contributed by atoms with E-state index in [0.29, 0.717) is 45.8 Å². The second kappa shape index (κ2) is 13.3. The Morgan fingerprint density at radius 3 is 2.57 bits per heavy atom. The molecule has 0 amide bonds. The van der Waals surface area contributed by atoms with Crippen LogP contribution >= 0.6 is 0 Å². The molecule has 2 aliphatic rings. The van der Waals surface area contributed by atoms with Gasteiger partial charge in [0.2, 0.25) is 10.0 Å². The predicted molar refractivity (Wildman–Crippen MR) is 146 cm³/mol. The molecule has 37 heavy (non-hydrogen) atoms. The van der Waals surface area contributed by atoms with Crippen LogP contribution in [-0.4, -0.2) is 80.3 Å². The fraction of sp³-hybridized carbons (Fsp3) is 0.414. The number of allylic oxidation sites excluding steroid dienone is 1. The van der Waals surface area contributed by atoms with Crippen molar-refractivity contribution in [2.45, 2.75) is 25.8 Å². The molecule has 198 valence electrons. The first-order valence-electron chi connectivity index (χ1n) is 12.9. The van der Waals surface area contributed by atoms with Crippen LogP contribution in [0.15, 0.2) is 60.7 Å². The van der Waals surface area contributed by atoms with Crippen molar-refractivity contribution in [3.63, 3.8) is 0 Å². The zero-order chi connectivity index (χ0) is 26.1. The number of benzene rings is 2. The van der Waals surface area contributed by atoms with Gasteiger partial charge in [0.1, 0.15) is 6.61 Å². The Kier molecular flexibility index (Phi) is 9.82. The molecule has 0 saturated carbocycles. The van der Waals surface area contributed by atoms with Crippen LogP contribution in [0.25, 0.3) is 11.6 Å². The number of carbonyl (C=O) groups excluding carboxylic acids is 1. The summed E-state index contributed by atoms with van der Waals surface area (Å²) in [5.41, 5.74) is 6.06. The highest BCUT2D eigenvalue weighted by Gasteiger charge is 2.24. The van der Waals surface area contributed by atoms with Gasteiger partial charge in [-0.15, -0.1) is 0 Å². The number of aliphatic hydroxyl groups is 1. The standard InChI is InChI=1S/C29H36N2O5S/c32-23-28(33)13-10-24-6-8-25(9-7-24)22-30(15-3-21-37(34,35)31-17-19-36-20-18-31)16-14-27-12-11-26-4-1-2-5-29(26)27/h1-2,4-10,12-13,32H,3,11,14-23H2/b13-10+. The quantitative estimate of drug-likeness (QED) is 0.405. The molecule has 1 fully saturated rings. The summed E-state index contributed by atoms with van der Waals surface area (Å²) in [6, 6.07) is 16.5. The van der Waals surface area contributed by atoms with Gasteiger partial charge in [0.15, 0.2) is 5.78 Å². The largest absolute Gasteiger partial charge is 0.388 e. The summed E-state index contributed by atoms with van der Waals surface area (Å²) in [5.74, 6) is -0.192. The van der Waals surface area contributed by atoms with Gasteiger partial charge < -0.3 is 9.84 Å². The number of ether oxygens (including phenoxy) is 1. The third-order valence-corrected chi connectivity index (χ3v) is 8.83. The van der Waals surface area contributed by atoms with Crippen molar-refractivity contribution in [2.24, 2.45) is 0 Å². The van der Waals surface area contributed by atoms with E-state index in [-0.39, 0.29) is 11.5 Å². The molecule has 0 spiro atoms. The van der Waals surface area contributed by atoms with Crippen molar-refractivity contribution in [1.29, 1.82) is 0 Å². The lowest BCUT2D eigenvalue weighted by atomic mass is 10.0. The molecule has 1 saturated heterocycles. The highest BCUT2D eigenvalue weighted by atomic mass is 32.2. The Morgan fingerprint density at radius 2 is 1.81 bits per heavy atom. The Balaban J connectivity index is 1.38. The van der Waals surface area contributed by atoms with Gasteiger partial charge in [-0.05, 0) is 59.7 Å². The third kappa shape index (κ3) is 7.93. The minimum Gasteiger partial charge on any atom is -0.388 e. The molecule has 1 N–H and O–H groups in total. The van der Waals surface area contributed by atoms with E-state index in [0.717, 1.165) is 30.5 Å². The number of sulfonamides is 1. The van der Waals surface area contributed by atoms with Crippen LogP contribution in [0.2, 0.25) is 0 Å². The first-order chi connectivity index (χ1) is 17.9. The second-order valence-corrected chi connectivity index (χ2v) is 11.6. The van der Waals surface area contributed by atoms with Gasteiger partial charge in [-0.2, -0.15) is 4.31 Å². The molecule has 1 aliphatic carbocycles. The summed E-state index contributed by atoms with van der Waals surface area (Å²) < 4.78 is 32.4. The number of hydrogen-bond acceptors (Lipinski definition) is 6. The number of rotatable bonds is 13. The minimum absolute atomic E-state index is 0.137. The van der Waals surface area contributed by atoms with Gasteiger partial charge in [-0.3, -0.25) is 9.69 Å². The van der Waals surface area contributed by atoms with Gasteiger partial charge >= 0.3 is 0 Å². The van der Waals surface area contributed by atoms with E-state index >= 15 is 0 Å². The number of ketones is 1. The Bertz CT molecular complexity index is 1220. The van der Waals surface area contributed by atoms with E-state index in [4.69, 9.17) is 9.84 Å². The molecule has 8 heteroatoms. The fourth-order valence-electron chi connectivity index (χ4n) is 4.80. The lowest BCUT2D eigenvalue weighted by Crippen LogP contribution is -2.42. The summed E-state index contributed by atoms with van der Waals surface area (Å²) in [6.07, 6.45) is 7.83. The van der Waals surface area contributed by atoms with Crippen molar-refractivity contribution in [3.8, 4) is 0 Å². The van der Waals surface area contributed by atoms with Crippen molar-refractivity contribution < 1.29 is 23.1 Å². The lowest BCUT2D eigenvalue weighted by Gasteiger charge is -2.27. The molecule has 4 rings (SSSR count). The molecule has 0 unspecified atom stereocenters. The topological polar surface area (TPSA) is 87.2 Å². The van der Waals surface area contributed by atoms with Gasteiger partial charge in [0, 0.05) is 26.2 Å². The Hall–Kier alpha value is -2.62. The molecular weight excluding hydrogens is 488 g/mol. The van der Waals surface area contributed by atoms with Crippen molar-refractivity contribution in [2.75, 3.05) is 51.8 Å². The molecule has 7 nitrogen and oxygen atoms in total. The SMILES string of the molecule is O=C(/C=C/c1ccc(CN(CCCS(=O)(=O)N2CCOCC2)CCC2=CCc3ccccc32)cc1)CO. The van der Waals surface area contributed by atoms with Crippen LogP contribution in [0.1, 0.15) is 35.1 Å². The molecule has 0 aromatic heterocycles. The lowest BCUT2D eigenvalue weighted by molar-refractivity contribution is -0.117. The first kappa shape index (κ1) is 27.4. The molecule has 1 heterocycles. The minimum atomic E-state index is -3.28. The number of fused-ring (bicyclic) bond motifs is 1. The maximum atomic E-state index is 12.8. The van der Waals surface area contributed by atoms with Gasteiger partial charge in [0.05, 0.1) is 19.0 Å². The van der Waals surface area contributed by atoms with E-state index in [1.54, 1.807) is 10.4 Å². The second-order valence-electron chi connectivity index (χ2n) is 9.50. The molecule has 2 aromatic rings. The summed E-state index contributed by atoms with van der Waals surface area (Å²) in [5, 5.41) is 8.88. The van der Waals surface area contributed by atoms with Crippen molar-refractivity contribution in [3.05, 3.63) is 82.9 Å². The van der Waals surface area contributed by atoms with Crippen LogP contribution in [0, 0.1) is 0 Å². The summed E-state index contributed by atoms with van der Waals surface area (Å²) in [7, 11) is -3.28. The van der Waals surface area contributed by atoms with Crippen LogP contribution in [0.4, 0.5) is 0 Å². The third-order valence-electron chi connectivity index (χ3n) is 6.87. The molecular formula is C29H36N2O5S. The van der Waals surface area contributed by atoms with Crippen molar-refractivity contribution in [1.82, 2.24) is 9.21 Å². The summed E-state index contributed by atoms with van der Waals surface area (Å²) in [6.45, 7) is 3.53. The number of aliphatic hydroxyl groups excluding tert-OH is 1. The zero-order valence-corrected chi connectivity index (χ0v) is 22.0. The normalized spacial score (nSPS) is 16.3. The molecule has 2 aromatic carbocycles. The maximum absolute atomic E-state index is 12.8. The monoisotopic (exact) mass is 524 g/mol. The number of hydrogen-bond donors (Lipinski definition) is 1. The number of morpholine rings is 1. The molecule has 1 aliphatic heterocycles. The van der Waals surface area contributed by atoms with Crippen LogP contribution < -0.4 is 0 Å². The average molecular weight is 525 g/mol. The molecule has 0 radical (unpaired) electrons. The van der Waals surface area contributed by atoms with Gasteiger partial charge in [-0.1, -0.05) is 60.7 Å². The van der Waals surface area contributed by atoms with E-state index < -0.39 is 16.6 Å². The van der Waals surface area contributed by atoms with Crippen molar-refractivity contribution >= 4 is 27.5 Å². The van der Waals surface area contributed by atoms with E-state index in [1.165, 1.54) is 22.8 Å². The predicted octanol–water partition coefficient (Wildman–Crippen LogP) is 3.15. The van der Waals surface area contributed by atoms with E-state index in [9.17, 15) is 13.2 Å². The highest BCUT2D eigenvalue weighted by Crippen LogP contribution is 2.29. The molecule has 0 atom stereocenters. The van der Waals surface area contributed by atoms with Gasteiger partial charge in [0.25, 0.3) is 0 Å². The summed E-state index contributed by atoms with van der Waals surface area (Å²) in [4.78, 5) is 13.7. The fourth-order valence-corrected chi connectivity index (χ4v) is 6.26. The van der Waals surface area contributed by atoms with Gasteiger partial charge in [-0.25, -0.2) is 8.42 Å². The maximum Gasteiger partial charge on any atom is 0.214 e. The van der Waals surface area contributed by atoms with E-state index in [1.807, 2.05) is 24.3 Å². The van der Waals surface area contributed by atoms with E-state index in [2.05, 4.69) is 35.2 Å². The molecule has 0 bridgehead atoms. The Morgan fingerprint density at radius 1 is 1.05 bits per heavy atom.